The Hall–Kier alpha value is -5.66. The van der Waals surface area contributed by atoms with Gasteiger partial charge >= 0.3 is 0 Å². The van der Waals surface area contributed by atoms with Crippen molar-refractivity contribution in [1.29, 1.82) is 0 Å². The average molecular weight is 682 g/mol. The molecule has 1 heterocycles. The van der Waals surface area contributed by atoms with Crippen molar-refractivity contribution < 1.29 is 23.7 Å². The lowest BCUT2D eigenvalue weighted by molar-refractivity contribution is -0.384. The number of non-ortho nitro benzene ring substituents is 1. The molecule has 0 aliphatic rings. The van der Waals surface area contributed by atoms with Gasteiger partial charge in [-0.2, -0.15) is 0 Å². The Morgan fingerprint density at radius 3 is 2.46 bits per heavy atom. The molecule has 0 bridgehead atoms. The molecule has 1 atom stereocenters. The van der Waals surface area contributed by atoms with Gasteiger partial charge in [0.05, 0.1) is 15.9 Å². The molecule has 242 valence electrons. The van der Waals surface area contributed by atoms with Crippen LogP contribution in [0.15, 0.2) is 119 Å². The summed E-state index contributed by atoms with van der Waals surface area (Å²) in [5.41, 5.74) is 1.70. The number of anilines is 2. The van der Waals surface area contributed by atoms with Gasteiger partial charge in [-0.05, 0) is 48.9 Å². The van der Waals surface area contributed by atoms with E-state index in [9.17, 15) is 28.9 Å². The number of rotatable bonds is 12. The molecule has 0 aliphatic heterocycles. The summed E-state index contributed by atoms with van der Waals surface area (Å²) >= 11 is 2.50. The monoisotopic (exact) mass is 681 g/mol. The minimum atomic E-state index is -0.669. The highest BCUT2D eigenvalue weighted by molar-refractivity contribution is 8.00. The lowest BCUT2D eigenvalue weighted by atomic mass is 10.1. The SMILES string of the molecule is CCC(Sc1cccc(NC(=O)/C(=C/c2ccccc2F)NC(=O)c2ccccc2)c1)C(=O)Nc1nc(-c2cccc([N+](=O)[O-])c2)cs1. The van der Waals surface area contributed by atoms with E-state index in [1.807, 2.05) is 6.92 Å². The van der Waals surface area contributed by atoms with E-state index >= 15 is 0 Å². The second-order valence-corrected chi connectivity index (χ2v) is 12.4. The van der Waals surface area contributed by atoms with E-state index in [1.54, 1.807) is 78.2 Å². The molecular formula is C35H28FN5O5S2. The molecule has 0 saturated heterocycles. The van der Waals surface area contributed by atoms with E-state index in [2.05, 4.69) is 20.9 Å². The Bertz CT molecular complexity index is 2000. The summed E-state index contributed by atoms with van der Waals surface area (Å²) in [6, 6.07) is 27.2. The minimum absolute atomic E-state index is 0.0544. The van der Waals surface area contributed by atoms with Gasteiger partial charge < -0.3 is 16.0 Å². The lowest BCUT2D eigenvalue weighted by Crippen LogP contribution is -2.30. The predicted octanol–water partition coefficient (Wildman–Crippen LogP) is 7.78. The maximum Gasteiger partial charge on any atom is 0.272 e. The summed E-state index contributed by atoms with van der Waals surface area (Å²) in [6.45, 7) is 1.87. The highest BCUT2D eigenvalue weighted by Gasteiger charge is 2.21. The van der Waals surface area contributed by atoms with Crippen LogP contribution >= 0.6 is 23.1 Å². The van der Waals surface area contributed by atoms with Crippen molar-refractivity contribution in [3.63, 3.8) is 0 Å². The third-order valence-electron chi connectivity index (χ3n) is 6.85. The zero-order chi connectivity index (χ0) is 34.0. The highest BCUT2D eigenvalue weighted by Crippen LogP contribution is 2.31. The Morgan fingerprint density at radius 2 is 1.71 bits per heavy atom. The van der Waals surface area contributed by atoms with Crippen LogP contribution in [0.25, 0.3) is 17.3 Å². The van der Waals surface area contributed by atoms with Crippen LogP contribution in [-0.2, 0) is 9.59 Å². The number of nitrogens with one attached hydrogen (secondary N) is 3. The van der Waals surface area contributed by atoms with E-state index in [0.29, 0.717) is 39.0 Å². The molecule has 1 aromatic heterocycles. The molecular weight excluding hydrogens is 654 g/mol. The molecule has 0 fully saturated rings. The Kier molecular flexibility index (Phi) is 11.1. The molecule has 0 saturated carbocycles. The predicted molar refractivity (Wildman–Crippen MR) is 186 cm³/mol. The van der Waals surface area contributed by atoms with Gasteiger partial charge in [-0.15, -0.1) is 23.1 Å². The molecule has 3 amide bonds. The summed E-state index contributed by atoms with van der Waals surface area (Å²) in [6.07, 6.45) is 1.75. The highest BCUT2D eigenvalue weighted by atomic mass is 32.2. The van der Waals surface area contributed by atoms with Crippen LogP contribution in [0.1, 0.15) is 29.3 Å². The van der Waals surface area contributed by atoms with Crippen molar-refractivity contribution in [2.75, 3.05) is 10.6 Å². The smallest absolute Gasteiger partial charge is 0.272 e. The first kappa shape index (κ1) is 33.7. The van der Waals surface area contributed by atoms with Crippen molar-refractivity contribution in [2.45, 2.75) is 23.5 Å². The van der Waals surface area contributed by atoms with E-state index in [1.165, 1.54) is 59.5 Å². The Balaban J connectivity index is 1.27. The molecule has 1 unspecified atom stereocenters. The second-order valence-electron chi connectivity index (χ2n) is 10.2. The van der Waals surface area contributed by atoms with E-state index in [0.717, 1.165) is 0 Å². The first-order chi connectivity index (χ1) is 23.2. The lowest BCUT2D eigenvalue weighted by Gasteiger charge is -2.15. The number of aromatic nitrogens is 1. The molecule has 5 aromatic rings. The van der Waals surface area contributed by atoms with Gasteiger partial charge in [-0.1, -0.05) is 61.5 Å². The topological polar surface area (TPSA) is 143 Å². The van der Waals surface area contributed by atoms with Crippen molar-refractivity contribution in [1.82, 2.24) is 10.3 Å². The number of nitrogens with zero attached hydrogens (tertiary/aromatic N) is 2. The molecule has 0 spiro atoms. The molecule has 13 heteroatoms. The zero-order valence-corrected chi connectivity index (χ0v) is 27.0. The average Bonchev–Trinajstić information content (AvgIpc) is 3.56. The fourth-order valence-electron chi connectivity index (χ4n) is 4.45. The van der Waals surface area contributed by atoms with Crippen LogP contribution in [-0.4, -0.2) is 32.9 Å². The van der Waals surface area contributed by atoms with Gasteiger partial charge in [0.25, 0.3) is 17.5 Å². The summed E-state index contributed by atoms with van der Waals surface area (Å²) in [4.78, 5) is 55.3. The first-order valence-corrected chi connectivity index (χ1v) is 16.4. The number of carbonyl (C=O) groups is 3. The Labute approximate surface area is 283 Å². The molecule has 0 aliphatic carbocycles. The number of nitro groups is 1. The third kappa shape index (κ3) is 8.78. The first-order valence-electron chi connectivity index (χ1n) is 14.6. The molecule has 5 rings (SSSR count). The fraction of sp³-hybridized carbons (Fsp3) is 0.0857. The van der Waals surface area contributed by atoms with Gasteiger partial charge in [0.1, 0.15) is 11.5 Å². The fourth-order valence-corrected chi connectivity index (χ4v) is 6.19. The molecule has 0 radical (unpaired) electrons. The number of amides is 3. The number of hydrogen-bond donors (Lipinski definition) is 3. The standard InChI is InChI=1S/C35H28FN5O5S2/c1-2-31(34(44)40-35-39-30(21-47-35)24-13-8-15-26(18-24)41(45)46)48-27-16-9-14-25(20-27)37-33(43)29(19-23-12-6-7-17-28(23)36)38-32(42)22-10-4-3-5-11-22/h3-21,31H,2H2,1H3,(H,37,43)(H,38,42)(H,39,40,44)/b29-19-. The normalized spacial score (nSPS) is 11.8. The van der Waals surface area contributed by atoms with E-state index in [-0.39, 0.29) is 22.9 Å². The third-order valence-corrected chi connectivity index (χ3v) is 8.97. The van der Waals surface area contributed by atoms with Gasteiger partial charge in [0.15, 0.2) is 5.13 Å². The Morgan fingerprint density at radius 1 is 0.958 bits per heavy atom. The largest absolute Gasteiger partial charge is 0.321 e. The summed E-state index contributed by atoms with van der Waals surface area (Å²) < 4.78 is 14.5. The summed E-state index contributed by atoms with van der Waals surface area (Å²) in [5, 5.41) is 20.9. The molecule has 48 heavy (non-hydrogen) atoms. The van der Waals surface area contributed by atoms with Crippen molar-refractivity contribution in [2.24, 2.45) is 0 Å². The molecule has 4 aromatic carbocycles. The number of nitro benzene ring substituents is 1. The number of carbonyl (C=O) groups excluding carboxylic acids is 3. The minimum Gasteiger partial charge on any atom is -0.321 e. The number of halogens is 1. The van der Waals surface area contributed by atoms with Crippen LogP contribution in [0, 0.1) is 15.9 Å². The molecule has 10 nitrogen and oxygen atoms in total. The van der Waals surface area contributed by atoms with E-state index < -0.39 is 27.8 Å². The van der Waals surface area contributed by atoms with E-state index in [4.69, 9.17) is 0 Å². The quantitative estimate of drug-likeness (QED) is 0.0528. The number of thiazole rings is 1. The maximum atomic E-state index is 14.5. The second kappa shape index (κ2) is 15.8. The van der Waals surface area contributed by atoms with Gasteiger partial charge in [0.2, 0.25) is 5.91 Å². The number of thioether (sulfide) groups is 1. The number of hydrogen-bond acceptors (Lipinski definition) is 8. The van der Waals surface area contributed by atoms with Crippen LogP contribution < -0.4 is 16.0 Å². The zero-order valence-electron chi connectivity index (χ0n) is 25.4. The van der Waals surface area contributed by atoms with Crippen LogP contribution in [0.3, 0.4) is 0 Å². The van der Waals surface area contributed by atoms with Crippen LogP contribution in [0.4, 0.5) is 20.9 Å². The molecule has 3 N–H and O–H groups in total. The van der Waals surface area contributed by atoms with Crippen LogP contribution in [0.5, 0.6) is 0 Å². The van der Waals surface area contributed by atoms with Crippen molar-refractivity contribution in [3.05, 3.63) is 141 Å². The van der Waals surface area contributed by atoms with Gasteiger partial charge in [-0.25, -0.2) is 9.37 Å². The summed E-state index contributed by atoms with van der Waals surface area (Å²) in [7, 11) is 0. The number of benzene rings is 4. The van der Waals surface area contributed by atoms with Gasteiger partial charge in [0, 0.05) is 44.8 Å². The summed E-state index contributed by atoms with van der Waals surface area (Å²) in [5.74, 6) is -2.04. The van der Waals surface area contributed by atoms with Crippen molar-refractivity contribution in [3.8, 4) is 11.3 Å². The van der Waals surface area contributed by atoms with Gasteiger partial charge in [-0.3, -0.25) is 24.5 Å². The van der Waals surface area contributed by atoms with Crippen molar-refractivity contribution >= 4 is 63.4 Å². The van der Waals surface area contributed by atoms with Crippen LogP contribution in [0.2, 0.25) is 0 Å². The maximum absolute atomic E-state index is 14.5.